The average Bonchev–Trinajstić information content (AvgIpc) is 3.18. The van der Waals surface area contributed by atoms with Crippen LogP contribution in [0.5, 0.6) is 0 Å². The molecule has 22 heavy (non-hydrogen) atoms. The van der Waals surface area contributed by atoms with Crippen LogP contribution in [0.15, 0.2) is 22.4 Å². The monoisotopic (exact) mass is 339 g/mol. The molecule has 0 bridgehead atoms. The van der Waals surface area contributed by atoms with Crippen LogP contribution in [0.2, 0.25) is 0 Å². The molecule has 120 valence electrons. The number of thiophene rings is 1. The first-order valence-corrected chi connectivity index (χ1v) is 9.86. The van der Waals surface area contributed by atoms with Crippen LogP contribution in [0.1, 0.15) is 41.9 Å². The van der Waals surface area contributed by atoms with Crippen LogP contribution in [0.4, 0.5) is 0 Å². The number of hydrogen-bond donors (Lipinski definition) is 2. The van der Waals surface area contributed by atoms with E-state index in [0.29, 0.717) is 17.9 Å². The number of nitrogens with one attached hydrogen (secondary N) is 2. The maximum absolute atomic E-state index is 12.6. The van der Waals surface area contributed by atoms with Gasteiger partial charge >= 0.3 is 0 Å². The minimum atomic E-state index is -3.53. The van der Waals surface area contributed by atoms with Gasteiger partial charge in [0.25, 0.3) is 0 Å². The Labute approximate surface area is 135 Å². The molecule has 2 aromatic heterocycles. The second-order valence-electron chi connectivity index (χ2n) is 6.05. The van der Waals surface area contributed by atoms with E-state index >= 15 is 0 Å². The first-order chi connectivity index (χ1) is 10.4. The molecule has 2 heterocycles. The lowest BCUT2D eigenvalue weighted by Crippen LogP contribution is -2.38. The van der Waals surface area contributed by atoms with Gasteiger partial charge in [0.1, 0.15) is 4.90 Å². The summed E-state index contributed by atoms with van der Waals surface area (Å²) < 4.78 is 28.1. The van der Waals surface area contributed by atoms with Crippen molar-refractivity contribution in [3.05, 3.63) is 33.8 Å². The third kappa shape index (κ3) is 2.73. The number of nitrogens with zero attached hydrogens (tertiary/aromatic N) is 1. The molecule has 0 spiro atoms. The second kappa shape index (κ2) is 5.79. The first kappa shape index (κ1) is 15.7. The Bertz CT molecular complexity index is 722. The summed E-state index contributed by atoms with van der Waals surface area (Å²) in [6.45, 7) is 3.90. The van der Waals surface area contributed by atoms with E-state index in [4.69, 9.17) is 0 Å². The molecule has 5 nitrogen and oxygen atoms in total. The van der Waals surface area contributed by atoms with Crippen LogP contribution in [0, 0.1) is 13.8 Å². The molecule has 1 saturated carbocycles. The molecule has 0 amide bonds. The van der Waals surface area contributed by atoms with Crippen LogP contribution in [0.25, 0.3) is 0 Å². The molecular formula is C15H21N3O2S2. The summed E-state index contributed by atoms with van der Waals surface area (Å²) in [4.78, 5) is 1.57. The van der Waals surface area contributed by atoms with Gasteiger partial charge in [-0.15, -0.1) is 11.3 Å². The van der Waals surface area contributed by atoms with Gasteiger partial charge < -0.3 is 0 Å². The Morgan fingerprint density at radius 2 is 2.09 bits per heavy atom. The summed E-state index contributed by atoms with van der Waals surface area (Å²) in [6.07, 6.45) is 4.39. The third-order valence-electron chi connectivity index (χ3n) is 4.53. The Kier molecular flexibility index (Phi) is 4.13. The number of sulfonamides is 1. The van der Waals surface area contributed by atoms with Crippen molar-refractivity contribution in [1.82, 2.24) is 14.9 Å². The fourth-order valence-corrected chi connectivity index (χ4v) is 5.87. The van der Waals surface area contributed by atoms with Crippen LogP contribution < -0.4 is 4.72 Å². The summed E-state index contributed by atoms with van der Waals surface area (Å²) in [6, 6.07) is 4.16. The lowest BCUT2D eigenvalue weighted by molar-refractivity contribution is 0.440. The van der Waals surface area contributed by atoms with Gasteiger partial charge in [0.05, 0.1) is 11.4 Å². The van der Waals surface area contributed by atoms with E-state index in [9.17, 15) is 8.42 Å². The molecule has 0 atom stereocenters. The first-order valence-electron chi connectivity index (χ1n) is 7.50. The lowest BCUT2D eigenvalue weighted by atomic mass is 9.85. The molecule has 7 heteroatoms. The highest BCUT2D eigenvalue weighted by Gasteiger charge is 2.38. The van der Waals surface area contributed by atoms with Crippen molar-refractivity contribution in [2.24, 2.45) is 0 Å². The van der Waals surface area contributed by atoms with Crippen molar-refractivity contribution >= 4 is 21.4 Å². The number of aromatic nitrogens is 2. The van der Waals surface area contributed by atoms with Crippen molar-refractivity contribution in [3.63, 3.8) is 0 Å². The summed E-state index contributed by atoms with van der Waals surface area (Å²) in [7, 11) is -3.53. The zero-order valence-corrected chi connectivity index (χ0v) is 14.5. The molecule has 3 rings (SSSR count). The topological polar surface area (TPSA) is 74.8 Å². The third-order valence-corrected chi connectivity index (χ3v) is 7.31. The van der Waals surface area contributed by atoms with Crippen LogP contribution in [-0.2, 0) is 15.4 Å². The van der Waals surface area contributed by atoms with E-state index in [1.54, 1.807) is 25.2 Å². The van der Waals surface area contributed by atoms with Gasteiger partial charge in [0, 0.05) is 16.8 Å². The SMILES string of the molecule is Cc1n[nH]c(C)c1S(=O)(=O)NCC1(c2cccs2)CCCC1. The highest BCUT2D eigenvalue weighted by atomic mass is 32.2. The zero-order valence-electron chi connectivity index (χ0n) is 12.8. The molecule has 0 aromatic carbocycles. The van der Waals surface area contributed by atoms with Gasteiger partial charge in [-0.3, -0.25) is 5.10 Å². The van der Waals surface area contributed by atoms with E-state index in [2.05, 4.69) is 26.4 Å². The number of hydrogen-bond acceptors (Lipinski definition) is 4. The minimum Gasteiger partial charge on any atom is -0.281 e. The molecule has 0 aliphatic heterocycles. The summed E-state index contributed by atoms with van der Waals surface area (Å²) in [5.74, 6) is 0. The highest BCUT2D eigenvalue weighted by Crippen LogP contribution is 2.42. The predicted molar refractivity (Wildman–Crippen MR) is 87.7 cm³/mol. The summed E-state index contributed by atoms with van der Waals surface area (Å²) in [5, 5.41) is 8.79. The smallest absolute Gasteiger partial charge is 0.244 e. The molecule has 2 N–H and O–H groups in total. The summed E-state index contributed by atoms with van der Waals surface area (Å²) >= 11 is 1.72. The van der Waals surface area contributed by atoms with E-state index in [1.165, 1.54) is 4.88 Å². The number of H-pyrrole nitrogens is 1. The lowest BCUT2D eigenvalue weighted by Gasteiger charge is -2.28. The number of rotatable bonds is 5. The second-order valence-corrected chi connectivity index (χ2v) is 8.70. The van der Waals surface area contributed by atoms with Gasteiger partial charge in [-0.05, 0) is 38.1 Å². The van der Waals surface area contributed by atoms with Crippen molar-refractivity contribution in [2.75, 3.05) is 6.54 Å². The normalized spacial score (nSPS) is 17.9. The molecule has 1 aliphatic carbocycles. The summed E-state index contributed by atoms with van der Waals surface area (Å²) in [5.41, 5.74) is 1.05. The van der Waals surface area contributed by atoms with E-state index < -0.39 is 10.0 Å². The van der Waals surface area contributed by atoms with Crippen LogP contribution in [0.3, 0.4) is 0 Å². The van der Waals surface area contributed by atoms with Crippen molar-refractivity contribution in [2.45, 2.75) is 49.8 Å². The molecular weight excluding hydrogens is 318 g/mol. The molecule has 0 radical (unpaired) electrons. The van der Waals surface area contributed by atoms with Gasteiger partial charge in [-0.25, -0.2) is 13.1 Å². The largest absolute Gasteiger partial charge is 0.281 e. The number of aryl methyl sites for hydroxylation is 2. The zero-order chi connectivity index (χ0) is 15.8. The quantitative estimate of drug-likeness (QED) is 0.879. The minimum absolute atomic E-state index is 0.0488. The fraction of sp³-hybridized carbons (Fsp3) is 0.533. The molecule has 2 aromatic rings. The van der Waals surface area contributed by atoms with Gasteiger partial charge in [0.15, 0.2) is 0 Å². The van der Waals surface area contributed by atoms with Gasteiger partial charge in [-0.1, -0.05) is 18.9 Å². The number of aromatic amines is 1. The maximum atomic E-state index is 12.6. The van der Waals surface area contributed by atoms with Crippen molar-refractivity contribution in [1.29, 1.82) is 0 Å². The highest BCUT2D eigenvalue weighted by molar-refractivity contribution is 7.89. The van der Waals surface area contributed by atoms with Crippen molar-refractivity contribution < 1.29 is 8.42 Å². The standard InChI is InChI=1S/C15H21N3O2S2/c1-11-14(12(2)18-17-11)22(19,20)16-10-15(7-3-4-8-15)13-6-5-9-21-13/h5-6,9,16H,3-4,7-8,10H2,1-2H3,(H,17,18). The molecule has 0 saturated heterocycles. The van der Waals surface area contributed by atoms with E-state index in [-0.39, 0.29) is 10.3 Å². The Morgan fingerprint density at radius 1 is 1.36 bits per heavy atom. The molecule has 1 aliphatic rings. The molecule has 1 fully saturated rings. The van der Waals surface area contributed by atoms with E-state index in [1.807, 2.05) is 6.07 Å². The van der Waals surface area contributed by atoms with Crippen LogP contribution in [-0.4, -0.2) is 25.2 Å². The Morgan fingerprint density at radius 3 is 2.64 bits per heavy atom. The Balaban J connectivity index is 1.84. The average molecular weight is 339 g/mol. The maximum Gasteiger partial charge on any atom is 0.244 e. The van der Waals surface area contributed by atoms with Gasteiger partial charge in [0.2, 0.25) is 10.0 Å². The predicted octanol–water partition coefficient (Wildman–Crippen LogP) is 2.88. The van der Waals surface area contributed by atoms with Crippen molar-refractivity contribution in [3.8, 4) is 0 Å². The Hall–Kier alpha value is -1.18. The fourth-order valence-electron chi connectivity index (χ4n) is 3.38. The molecule has 0 unspecified atom stereocenters. The van der Waals surface area contributed by atoms with Gasteiger partial charge in [-0.2, -0.15) is 5.10 Å². The van der Waals surface area contributed by atoms with E-state index in [0.717, 1.165) is 25.7 Å². The van der Waals surface area contributed by atoms with Crippen LogP contribution >= 0.6 is 11.3 Å².